The van der Waals surface area contributed by atoms with Gasteiger partial charge in [0, 0.05) is 5.41 Å². The van der Waals surface area contributed by atoms with E-state index in [1.807, 2.05) is 0 Å². The van der Waals surface area contributed by atoms with Crippen LogP contribution < -0.4 is 9.47 Å². The van der Waals surface area contributed by atoms with Crippen molar-refractivity contribution in [1.29, 1.82) is 0 Å². The fourth-order valence-electron chi connectivity index (χ4n) is 6.50. The SMILES string of the molecule is CCCCc1ccc(C(C)(c2ccccc2)c2ccc(CCCC)c(OCCO)c2CCCC)c(CCCC)c1OCCO. The minimum atomic E-state index is -0.478. The van der Waals surface area contributed by atoms with Gasteiger partial charge in [0.15, 0.2) is 0 Å². The molecule has 3 aromatic rings. The monoisotopic (exact) mass is 602 g/mol. The molecule has 0 aliphatic carbocycles. The first-order chi connectivity index (χ1) is 21.5. The van der Waals surface area contributed by atoms with Crippen molar-refractivity contribution in [3.63, 3.8) is 0 Å². The zero-order chi connectivity index (χ0) is 31.8. The van der Waals surface area contributed by atoms with Crippen molar-refractivity contribution in [2.24, 2.45) is 0 Å². The molecule has 0 aliphatic rings. The average Bonchev–Trinajstić information content (AvgIpc) is 3.06. The van der Waals surface area contributed by atoms with E-state index in [4.69, 9.17) is 9.47 Å². The van der Waals surface area contributed by atoms with Crippen LogP contribution in [0.5, 0.6) is 11.5 Å². The van der Waals surface area contributed by atoms with Crippen LogP contribution in [0, 0.1) is 0 Å². The number of rotatable bonds is 21. The molecule has 0 spiro atoms. The lowest BCUT2D eigenvalue weighted by atomic mass is 9.66. The van der Waals surface area contributed by atoms with Gasteiger partial charge in [0.25, 0.3) is 0 Å². The highest BCUT2D eigenvalue weighted by molar-refractivity contribution is 5.62. The van der Waals surface area contributed by atoms with Crippen molar-refractivity contribution >= 4 is 0 Å². The summed E-state index contributed by atoms with van der Waals surface area (Å²) in [7, 11) is 0. The molecule has 242 valence electrons. The molecule has 44 heavy (non-hydrogen) atoms. The Labute approximate surface area is 267 Å². The van der Waals surface area contributed by atoms with Crippen LogP contribution in [0.2, 0.25) is 0 Å². The topological polar surface area (TPSA) is 58.9 Å². The number of aliphatic hydroxyl groups is 2. The minimum absolute atomic E-state index is 0.00738. The maximum Gasteiger partial charge on any atom is 0.126 e. The van der Waals surface area contributed by atoms with Crippen molar-refractivity contribution in [1.82, 2.24) is 0 Å². The van der Waals surface area contributed by atoms with Crippen LogP contribution in [-0.4, -0.2) is 36.6 Å². The molecule has 0 aliphatic heterocycles. The first-order valence-corrected chi connectivity index (χ1v) is 17.3. The molecule has 2 N–H and O–H groups in total. The van der Waals surface area contributed by atoms with Gasteiger partial charge in [-0.05, 0) is 97.2 Å². The highest BCUT2D eigenvalue weighted by atomic mass is 16.5. The molecule has 0 saturated heterocycles. The second kappa shape index (κ2) is 18.9. The Balaban J connectivity index is 2.44. The number of unbranched alkanes of at least 4 members (excludes halogenated alkanes) is 4. The standard InChI is InChI=1S/C40H58O4/c1-6-10-17-31-23-25-36(34(21-12-8-3)38(31)43-29-27-41)40(5,33-19-15-14-16-20-33)37-26-24-32(18-11-7-2)39(44-30-28-42)35(37)22-13-9-4/h14-16,19-20,23-26,41-42H,6-13,17-18,21-22,27-30H2,1-5H3. The van der Waals surface area contributed by atoms with Crippen LogP contribution in [0.25, 0.3) is 0 Å². The Morgan fingerprint density at radius 3 is 1.34 bits per heavy atom. The number of aryl methyl sites for hydroxylation is 2. The van der Waals surface area contributed by atoms with E-state index in [0.717, 1.165) is 88.5 Å². The molecule has 0 atom stereocenters. The summed E-state index contributed by atoms with van der Waals surface area (Å²) in [5, 5.41) is 19.6. The molecule has 0 radical (unpaired) electrons. The largest absolute Gasteiger partial charge is 0.491 e. The summed E-state index contributed by atoms with van der Waals surface area (Å²) in [6.07, 6.45) is 12.5. The van der Waals surface area contributed by atoms with E-state index < -0.39 is 5.41 Å². The van der Waals surface area contributed by atoms with Gasteiger partial charge in [-0.1, -0.05) is 108 Å². The number of hydrogen-bond donors (Lipinski definition) is 2. The summed E-state index contributed by atoms with van der Waals surface area (Å²) in [6, 6.07) is 20.2. The van der Waals surface area contributed by atoms with E-state index in [0.29, 0.717) is 0 Å². The Hall–Kier alpha value is -2.82. The zero-order valence-corrected chi connectivity index (χ0v) is 28.2. The maximum atomic E-state index is 9.80. The molecule has 3 rings (SSSR count). The van der Waals surface area contributed by atoms with Gasteiger partial charge in [0.05, 0.1) is 13.2 Å². The Morgan fingerprint density at radius 2 is 0.955 bits per heavy atom. The fraction of sp³-hybridized carbons (Fsp3) is 0.550. The summed E-state index contributed by atoms with van der Waals surface area (Å²) < 4.78 is 12.9. The van der Waals surface area contributed by atoms with Crippen LogP contribution in [0.15, 0.2) is 54.6 Å². The van der Waals surface area contributed by atoms with Crippen molar-refractivity contribution < 1.29 is 19.7 Å². The second-order valence-corrected chi connectivity index (χ2v) is 12.2. The molecule has 0 fully saturated rings. The molecule has 0 amide bonds. The lowest BCUT2D eigenvalue weighted by Crippen LogP contribution is -2.29. The van der Waals surface area contributed by atoms with E-state index in [9.17, 15) is 10.2 Å². The summed E-state index contributed by atoms with van der Waals surface area (Å²) >= 11 is 0. The van der Waals surface area contributed by atoms with E-state index >= 15 is 0 Å². The predicted molar refractivity (Wildman–Crippen MR) is 184 cm³/mol. The Morgan fingerprint density at radius 1 is 0.545 bits per heavy atom. The Bertz CT molecular complexity index is 1170. The van der Waals surface area contributed by atoms with E-state index in [1.54, 1.807) is 0 Å². The van der Waals surface area contributed by atoms with Gasteiger partial charge in [-0.25, -0.2) is 0 Å². The minimum Gasteiger partial charge on any atom is -0.491 e. The van der Waals surface area contributed by atoms with Gasteiger partial charge in [0.1, 0.15) is 24.7 Å². The van der Waals surface area contributed by atoms with Gasteiger partial charge in [-0.15, -0.1) is 0 Å². The molecule has 0 saturated carbocycles. The number of benzene rings is 3. The lowest BCUT2D eigenvalue weighted by Gasteiger charge is -2.37. The quantitative estimate of drug-likeness (QED) is 0.119. The van der Waals surface area contributed by atoms with Gasteiger partial charge in [-0.3, -0.25) is 0 Å². The predicted octanol–water partition coefficient (Wildman–Crippen LogP) is 9.15. The van der Waals surface area contributed by atoms with Crippen LogP contribution in [0.1, 0.15) is 125 Å². The van der Waals surface area contributed by atoms with Crippen molar-refractivity contribution in [2.75, 3.05) is 26.4 Å². The first-order valence-electron chi connectivity index (χ1n) is 17.3. The van der Waals surface area contributed by atoms with Gasteiger partial charge < -0.3 is 19.7 Å². The van der Waals surface area contributed by atoms with E-state index in [1.165, 1.54) is 38.9 Å². The van der Waals surface area contributed by atoms with Crippen LogP contribution >= 0.6 is 0 Å². The van der Waals surface area contributed by atoms with Crippen LogP contribution in [0.3, 0.4) is 0 Å². The van der Waals surface area contributed by atoms with Crippen LogP contribution in [0.4, 0.5) is 0 Å². The average molecular weight is 603 g/mol. The summed E-state index contributed by atoms with van der Waals surface area (Å²) in [5.74, 6) is 1.93. The van der Waals surface area contributed by atoms with Gasteiger partial charge in [0.2, 0.25) is 0 Å². The summed E-state index contributed by atoms with van der Waals surface area (Å²) in [6.45, 7) is 11.9. The summed E-state index contributed by atoms with van der Waals surface area (Å²) in [5.41, 5.74) is 8.27. The Kier molecular flexibility index (Phi) is 15.3. The third kappa shape index (κ3) is 8.67. The number of hydrogen-bond acceptors (Lipinski definition) is 4. The van der Waals surface area contributed by atoms with E-state index in [2.05, 4.69) is 89.2 Å². The molecule has 3 aromatic carbocycles. The smallest absolute Gasteiger partial charge is 0.126 e. The molecule has 0 unspecified atom stereocenters. The highest BCUT2D eigenvalue weighted by Crippen LogP contribution is 2.48. The van der Waals surface area contributed by atoms with E-state index in [-0.39, 0.29) is 26.4 Å². The molecule has 4 heteroatoms. The third-order valence-electron chi connectivity index (χ3n) is 8.95. The first kappa shape index (κ1) is 35.7. The molecule has 0 bridgehead atoms. The molecule has 0 aromatic heterocycles. The highest BCUT2D eigenvalue weighted by Gasteiger charge is 2.37. The number of aliphatic hydroxyl groups excluding tert-OH is 2. The van der Waals surface area contributed by atoms with Crippen molar-refractivity contribution in [2.45, 2.75) is 117 Å². The van der Waals surface area contributed by atoms with Gasteiger partial charge in [-0.2, -0.15) is 0 Å². The lowest BCUT2D eigenvalue weighted by molar-refractivity contribution is 0.198. The second-order valence-electron chi connectivity index (χ2n) is 12.2. The molecular weight excluding hydrogens is 544 g/mol. The van der Waals surface area contributed by atoms with Gasteiger partial charge >= 0.3 is 0 Å². The van der Waals surface area contributed by atoms with Crippen molar-refractivity contribution in [3.8, 4) is 11.5 Å². The van der Waals surface area contributed by atoms with Crippen LogP contribution in [-0.2, 0) is 31.1 Å². The van der Waals surface area contributed by atoms with Crippen molar-refractivity contribution in [3.05, 3.63) is 93.5 Å². The third-order valence-corrected chi connectivity index (χ3v) is 8.95. The fourth-order valence-corrected chi connectivity index (χ4v) is 6.50. The summed E-state index contributed by atoms with van der Waals surface area (Å²) in [4.78, 5) is 0. The normalized spacial score (nSPS) is 11.6. The number of ether oxygens (including phenoxy) is 2. The molecular formula is C40H58O4. The molecule has 4 nitrogen and oxygen atoms in total. The zero-order valence-electron chi connectivity index (χ0n) is 28.2. The molecule has 0 heterocycles. The maximum absolute atomic E-state index is 9.80.